The minimum atomic E-state index is 0.651. The quantitative estimate of drug-likeness (QED) is 0.608. The molecule has 0 aliphatic rings. The molecule has 0 spiro atoms. The van der Waals surface area contributed by atoms with Crippen LogP contribution in [0.5, 0.6) is 0 Å². The van der Waals surface area contributed by atoms with Crippen molar-refractivity contribution < 1.29 is 0 Å². The van der Waals surface area contributed by atoms with E-state index in [1.807, 2.05) is 0 Å². The molecule has 0 radical (unpaired) electrons. The molecule has 70 valence electrons. The average Bonchev–Trinajstić information content (AvgIpc) is 2.00. The van der Waals surface area contributed by atoms with Crippen molar-refractivity contribution in [3.05, 3.63) is 0 Å². The van der Waals surface area contributed by atoms with E-state index in [9.17, 15) is 0 Å². The van der Waals surface area contributed by atoms with Crippen molar-refractivity contribution in [3.8, 4) is 6.07 Å². The SMILES string of the molecule is CC(C)CCCN(C)CCC#N. The highest BCUT2D eigenvalue weighted by Crippen LogP contribution is 2.03. The maximum atomic E-state index is 8.35. The van der Waals surface area contributed by atoms with Gasteiger partial charge >= 0.3 is 0 Å². The van der Waals surface area contributed by atoms with E-state index in [1.165, 1.54) is 12.8 Å². The maximum absolute atomic E-state index is 8.35. The highest BCUT2D eigenvalue weighted by Gasteiger charge is 1.98. The molecule has 0 amide bonds. The van der Waals surface area contributed by atoms with Gasteiger partial charge in [-0.3, -0.25) is 0 Å². The van der Waals surface area contributed by atoms with Crippen LogP contribution in [0.15, 0.2) is 0 Å². The Morgan fingerprint density at radius 3 is 2.50 bits per heavy atom. The Kier molecular flexibility index (Phi) is 6.79. The molecule has 0 fully saturated rings. The molecule has 0 aliphatic heterocycles. The predicted molar refractivity (Wildman–Crippen MR) is 51.8 cm³/mol. The molecule has 0 aromatic rings. The van der Waals surface area contributed by atoms with Crippen molar-refractivity contribution in [3.63, 3.8) is 0 Å². The summed E-state index contributed by atoms with van der Waals surface area (Å²) in [5.74, 6) is 0.800. The summed E-state index contributed by atoms with van der Waals surface area (Å²) in [4.78, 5) is 2.23. The van der Waals surface area contributed by atoms with Crippen LogP contribution in [-0.2, 0) is 0 Å². The largest absolute Gasteiger partial charge is 0.305 e. The van der Waals surface area contributed by atoms with Gasteiger partial charge in [0.1, 0.15) is 0 Å². The molecule has 2 nitrogen and oxygen atoms in total. The van der Waals surface area contributed by atoms with Gasteiger partial charge in [-0.25, -0.2) is 0 Å². The number of hydrogen-bond donors (Lipinski definition) is 0. The van der Waals surface area contributed by atoms with Crippen LogP contribution in [0.25, 0.3) is 0 Å². The van der Waals surface area contributed by atoms with Gasteiger partial charge in [0.05, 0.1) is 6.07 Å². The third kappa shape index (κ3) is 7.56. The third-order valence-electron chi connectivity index (χ3n) is 1.93. The van der Waals surface area contributed by atoms with Crippen molar-refractivity contribution in [1.29, 1.82) is 5.26 Å². The van der Waals surface area contributed by atoms with E-state index in [-0.39, 0.29) is 0 Å². The molecule has 0 N–H and O–H groups in total. The van der Waals surface area contributed by atoms with Crippen LogP contribution in [0.2, 0.25) is 0 Å². The lowest BCUT2D eigenvalue weighted by Crippen LogP contribution is -2.20. The van der Waals surface area contributed by atoms with Crippen LogP contribution >= 0.6 is 0 Å². The normalized spacial score (nSPS) is 10.7. The second-order valence-electron chi connectivity index (χ2n) is 3.75. The Morgan fingerprint density at radius 2 is 2.00 bits per heavy atom. The van der Waals surface area contributed by atoms with Crippen molar-refractivity contribution in [2.45, 2.75) is 33.1 Å². The molecule has 0 aliphatic carbocycles. The fraction of sp³-hybridized carbons (Fsp3) is 0.900. The van der Waals surface area contributed by atoms with Gasteiger partial charge in [0.2, 0.25) is 0 Å². The Morgan fingerprint density at radius 1 is 1.33 bits per heavy atom. The first-order chi connectivity index (χ1) is 5.66. The monoisotopic (exact) mass is 168 g/mol. The minimum absolute atomic E-state index is 0.651. The first-order valence-corrected chi connectivity index (χ1v) is 4.72. The minimum Gasteiger partial charge on any atom is -0.305 e. The molecule has 0 aromatic heterocycles. The number of nitriles is 1. The molecular formula is C10H20N2. The standard InChI is InChI=1S/C10H20N2/c1-10(2)6-4-8-12(3)9-5-7-11/h10H,4-6,8-9H2,1-3H3. The van der Waals surface area contributed by atoms with Crippen LogP contribution in [-0.4, -0.2) is 25.0 Å². The van der Waals surface area contributed by atoms with Crippen molar-refractivity contribution in [2.24, 2.45) is 5.92 Å². The van der Waals surface area contributed by atoms with E-state index >= 15 is 0 Å². The molecule has 0 rings (SSSR count). The van der Waals surface area contributed by atoms with E-state index in [0.29, 0.717) is 6.42 Å². The van der Waals surface area contributed by atoms with Crippen molar-refractivity contribution in [2.75, 3.05) is 20.1 Å². The summed E-state index contributed by atoms with van der Waals surface area (Å²) in [5, 5.41) is 8.35. The zero-order valence-electron chi connectivity index (χ0n) is 8.51. The summed E-state index contributed by atoms with van der Waals surface area (Å²) in [5.41, 5.74) is 0. The molecule has 0 unspecified atom stereocenters. The fourth-order valence-electron chi connectivity index (χ4n) is 1.12. The molecule has 0 bridgehead atoms. The smallest absolute Gasteiger partial charge is 0.0635 e. The second kappa shape index (κ2) is 7.12. The third-order valence-corrected chi connectivity index (χ3v) is 1.93. The number of hydrogen-bond acceptors (Lipinski definition) is 2. The van der Waals surface area contributed by atoms with Crippen molar-refractivity contribution in [1.82, 2.24) is 4.90 Å². The predicted octanol–water partition coefficient (Wildman–Crippen LogP) is 2.27. The van der Waals surface area contributed by atoms with E-state index in [0.717, 1.165) is 19.0 Å². The van der Waals surface area contributed by atoms with Crippen LogP contribution < -0.4 is 0 Å². The van der Waals surface area contributed by atoms with Crippen LogP contribution in [0.4, 0.5) is 0 Å². The molecule has 0 saturated heterocycles. The molecule has 2 heteroatoms. The maximum Gasteiger partial charge on any atom is 0.0635 e. The van der Waals surface area contributed by atoms with Gasteiger partial charge < -0.3 is 4.90 Å². The average molecular weight is 168 g/mol. The summed E-state index contributed by atoms with van der Waals surface area (Å²) in [6.45, 7) is 6.53. The molecule has 0 aromatic carbocycles. The molecule has 0 heterocycles. The van der Waals surface area contributed by atoms with Gasteiger partial charge in [0.25, 0.3) is 0 Å². The summed E-state index contributed by atoms with van der Waals surface area (Å²) in [6, 6.07) is 2.16. The van der Waals surface area contributed by atoms with Crippen LogP contribution in [0, 0.1) is 17.2 Å². The highest BCUT2D eigenvalue weighted by atomic mass is 15.1. The van der Waals surface area contributed by atoms with E-state index < -0.39 is 0 Å². The Labute approximate surface area is 76.2 Å². The number of nitrogens with zero attached hydrogens (tertiary/aromatic N) is 2. The van der Waals surface area contributed by atoms with Gasteiger partial charge in [-0.15, -0.1) is 0 Å². The zero-order valence-corrected chi connectivity index (χ0v) is 8.51. The lowest BCUT2D eigenvalue weighted by molar-refractivity contribution is 0.324. The Hall–Kier alpha value is -0.550. The van der Waals surface area contributed by atoms with Gasteiger partial charge in [-0.05, 0) is 32.4 Å². The first kappa shape index (κ1) is 11.4. The summed E-state index contributed by atoms with van der Waals surface area (Å²) in [6.07, 6.45) is 3.19. The lowest BCUT2D eigenvalue weighted by Gasteiger charge is -2.14. The highest BCUT2D eigenvalue weighted by molar-refractivity contribution is 4.70. The van der Waals surface area contributed by atoms with E-state index in [4.69, 9.17) is 5.26 Å². The second-order valence-corrected chi connectivity index (χ2v) is 3.75. The molecule has 0 atom stereocenters. The molecule has 12 heavy (non-hydrogen) atoms. The van der Waals surface area contributed by atoms with Crippen LogP contribution in [0.1, 0.15) is 33.1 Å². The topological polar surface area (TPSA) is 27.0 Å². The van der Waals surface area contributed by atoms with Gasteiger partial charge in [0.15, 0.2) is 0 Å². The van der Waals surface area contributed by atoms with E-state index in [1.54, 1.807) is 0 Å². The lowest BCUT2D eigenvalue weighted by atomic mass is 10.1. The Bertz CT molecular complexity index is 135. The van der Waals surface area contributed by atoms with Crippen LogP contribution in [0.3, 0.4) is 0 Å². The molecule has 0 saturated carbocycles. The van der Waals surface area contributed by atoms with E-state index in [2.05, 4.69) is 31.9 Å². The molecular weight excluding hydrogens is 148 g/mol. The fourth-order valence-corrected chi connectivity index (χ4v) is 1.12. The number of rotatable bonds is 6. The van der Waals surface area contributed by atoms with Gasteiger partial charge in [-0.1, -0.05) is 13.8 Å². The zero-order chi connectivity index (χ0) is 9.40. The summed E-state index contributed by atoms with van der Waals surface area (Å²) < 4.78 is 0. The van der Waals surface area contributed by atoms with Crippen molar-refractivity contribution >= 4 is 0 Å². The summed E-state index contributed by atoms with van der Waals surface area (Å²) in [7, 11) is 2.08. The first-order valence-electron chi connectivity index (χ1n) is 4.72. The summed E-state index contributed by atoms with van der Waals surface area (Å²) >= 11 is 0. The van der Waals surface area contributed by atoms with Gasteiger partial charge in [-0.2, -0.15) is 5.26 Å². The Balaban J connectivity index is 3.20. The van der Waals surface area contributed by atoms with Gasteiger partial charge in [0, 0.05) is 13.0 Å².